The molecule has 3 heteroatoms. The van der Waals surface area contributed by atoms with E-state index in [4.69, 9.17) is 11.6 Å². The van der Waals surface area contributed by atoms with Gasteiger partial charge in [-0.25, -0.2) is 4.39 Å². The van der Waals surface area contributed by atoms with E-state index < -0.39 is 0 Å². The van der Waals surface area contributed by atoms with E-state index in [9.17, 15) is 4.39 Å². The van der Waals surface area contributed by atoms with Gasteiger partial charge in [-0.15, -0.1) is 0 Å². The molecule has 0 fully saturated rings. The number of rotatable bonds is 4. The summed E-state index contributed by atoms with van der Waals surface area (Å²) in [6.45, 7) is 0. The second-order valence-electron chi connectivity index (χ2n) is 5.74. The zero-order valence-electron chi connectivity index (χ0n) is 12.1. The van der Waals surface area contributed by atoms with Crippen molar-refractivity contribution in [2.75, 3.05) is 7.05 Å². The number of hydrogen-bond acceptors (Lipinski definition) is 1. The molecule has 2 aromatic carbocycles. The van der Waals surface area contributed by atoms with Crippen LogP contribution in [0, 0.1) is 11.7 Å². The highest BCUT2D eigenvalue weighted by Crippen LogP contribution is 2.31. The zero-order chi connectivity index (χ0) is 14.8. The first-order valence-corrected chi connectivity index (χ1v) is 7.73. The number of fused-ring (bicyclic) bond motifs is 1. The van der Waals surface area contributed by atoms with Crippen LogP contribution in [0.25, 0.3) is 0 Å². The molecule has 2 aromatic rings. The van der Waals surface area contributed by atoms with E-state index in [1.54, 1.807) is 12.1 Å². The third kappa shape index (κ3) is 2.97. The van der Waals surface area contributed by atoms with Crippen LogP contribution in [0.1, 0.15) is 16.7 Å². The van der Waals surface area contributed by atoms with Gasteiger partial charge in [0.05, 0.1) is 0 Å². The number of nitrogens with one attached hydrogen (secondary N) is 1. The largest absolute Gasteiger partial charge is 0.316 e. The van der Waals surface area contributed by atoms with Crippen molar-refractivity contribution in [2.45, 2.75) is 25.3 Å². The molecule has 21 heavy (non-hydrogen) atoms. The van der Waals surface area contributed by atoms with E-state index in [0.29, 0.717) is 22.9 Å². The Balaban J connectivity index is 1.78. The van der Waals surface area contributed by atoms with Crippen LogP contribution in [0.3, 0.4) is 0 Å². The van der Waals surface area contributed by atoms with E-state index in [1.807, 2.05) is 7.05 Å². The normalized spacial score (nSPS) is 16.0. The maximum absolute atomic E-state index is 14.0. The predicted molar refractivity (Wildman–Crippen MR) is 85.3 cm³/mol. The molecule has 1 aliphatic carbocycles. The van der Waals surface area contributed by atoms with E-state index in [0.717, 1.165) is 12.8 Å². The van der Waals surface area contributed by atoms with Crippen LogP contribution in [0.4, 0.5) is 4.39 Å². The molecule has 1 aliphatic rings. The number of benzene rings is 2. The lowest BCUT2D eigenvalue weighted by molar-refractivity contribution is 0.379. The Morgan fingerprint density at radius 2 is 1.81 bits per heavy atom. The smallest absolute Gasteiger partial charge is 0.127 e. The van der Waals surface area contributed by atoms with Gasteiger partial charge in [0.2, 0.25) is 0 Å². The van der Waals surface area contributed by atoms with Gasteiger partial charge in [-0.2, -0.15) is 0 Å². The lowest BCUT2D eigenvalue weighted by atomic mass is 9.91. The van der Waals surface area contributed by atoms with Crippen molar-refractivity contribution in [3.8, 4) is 0 Å². The third-order valence-corrected chi connectivity index (χ3v) is 4.86. The van der Waals surface area contributed by atoms with Gasteiger partial charge < -0.3 is 5.32 Å². The van der Waals surface area contributed by atoms with Crippen molar-refractivity contribution < 1.29 is 4.39 Å². The molecule has 0 amide bonds. The molecule has 1 N–H and O–H groups in total. The summed E-state index contributed by atoms with van der Waals surface area (Å²) in [4.78, 5) is 0. The topological polar surface area (TPSA) is 12.0 Å². The molecule has 0 saturated heterocycles. The molecule has 1 atom stereocenters. The monoisotopic (exact) mass is 303 g/mol. The molecule has 0 radical (unpaired) electrons. The van der Waals surface area contributed by atoms with Crippen LogP contribution in [0.5, 0.6) is 0 Å². The Bertz CT molecular complexity index is 596. The van der Waals surface area contributed by atoms with Gasteiger partial charge in [-0.3, -0.25) is 0 Å². The minimum absolute atomic E-state index is 0.210. The van der Waals surface area contributed by atoms with Gasteiger partial charge in [-0.1, -0.05) is 41.9 Å². The molecule has 0 heterocycles. The molecule has 0 aromatic heterocycles. The fourth-order valence-electron chi connectivity index (χ4n) is 3.33. The number of likely N-dealkylation sites (N-methyl/N-ethyl adjacent to an activating group) is 1. The lowest BCUT2D eigenvalue weighted by Gasteiger charge is -2.23. The van der Waals surface area contributed by atoms with E-state index in [1.165, 1.54) is 17.2 Å². The van der Waals surface area contributed by atoms with Crippen molar-refractivity contribution >= 4 is 11.6 Å². The quantitative estimate of drug-likeness (QED) is 0.899. The second kappa shape index (κ2) is 6.17. The number of hydrogen-bond donors (Lipinski definition) is 1. The van der Waals surface area contributed by atoms with E-state index in [-0.39, 0.29) is 11.9 Å². The van der Waals surface area contributed by atoms with Crippen molar-refractivity contribution in [3.63, 3.8) is 0 Å². The van der Waals surface area contributed by atoms with Gasteiger partial charge >= 0.3 is 0 Å². The molecule has 3 rings (SSSR count). The van der Waals surface area contributed by atoms with Crippen molar-refractivity contribution in [1.29, 1.82) is 0 Å². The van der Waals surface area contributed by atoms with Crippen molar-refractivity contribution in [1.82, 2.24) is 5.32 Å². The molecule has 110 valence electrons. The summed E-state index contributed by atoms with van der Waals surface area (Å²) < 4.78 is 14.0. The Labute approximate surface area is 130 Å². The fraction of sp³-hybridized carbons (Fsp3) is 0.333. The second-order valence-corrected chi connectivity index (χ2v) is 6.14. The molecule has 1 nitrogen and oxygen atoms in total. The summed E-state index contributed by atoms with van der Waals surface area (Å²) in [5, 5.41) is 3.88. The highest BCUT2D eigenvalue weighted by atomic mass is 35.5. The minimum Gasteiger partial charge on any atom is -0.316 e. The van der Waals surface area contributed by atoms with Crippen LogP contribution in [-0.4, -0.2) is 13.1 Å². The predicted octanol–water partition coefficient (Wildman–Crippen LogP) is 4.02. The molecular weight excluding hydrogens is 285 g/mol. The summed E-state index contributed by atoms with van der Waals surface area (Å²) in [5.41, 5.74) is 3.46. The lowest BCUT2D eigenvalue weighted by Crippen LogP contribution is -2.36. The Morgan fingerprint density at radius 1 is 1.14 bits per heavy atom. The molecule has 0 spiro atoms. The fourth-order valence-corrected chi connectivity index (χ4v) is 3.57. The number of halogens is 2. The van der Waals surface area contributed by atoms with Gasteiger partial charge in [0.15, 0.2) is 0 Å². The first-order valence-electron chi connectivity index (χ1n) is 7.36. The summed E-state index contributed by atoms with van der Waals surface area (Å²) >= 11 is 6.16. The van der Waals surface area contributed by atoms with Gasteiger partial charge in [0.1, 0.15) is 5.82 Å². The van der Waals surface area contributed by atoms with Gasteiger partial charge in [-0.05, 0) is 55.5 Å². The molecule has 0 saturated carbocycles. The minimum atomic E-state index is -0.210. The first kappa shape index (κ1) is 14.6. The van der Waals surface area contributed by atoms with Gasteiger partial charge in [0, 0.05) is 16.6 Å². The van der Waals surface area contributed by atoms with Crippen LogP contribution in [-0.2, 0) is 19.3 Å². The van der Waals surface area contributed by atoms with Crippen LogP contribution >= 0.6 is 11.6 Å². The van der Waals surface area contributed by atoms with E-state index >= 15 is 0 Å². The molecular formula is C18H19ClFN. The third-order valence-electron chi connectivity index (χ3n) is 4.51. The van der Waals surface area contributed by atoms with Crippen molar-refractivity contribution in [2.24, 2.45) is 5.92 Å². The standard InChI is InChI=1S/C18H19ClFN/c1-21-18(11-15-16(19)7-4-8-17(15)20)14-9-12-5-2-3-6-13(12)10-14/h2-8,14,18,21H,9-11H2,1H3. The summed E-state index contributed by atoms with van der Waals surface area (Å²) in [7, 11) is 1.95. The SMILES string of the molecule is CNC(Cc1c(F)cccc1Cl)C1Cc2ccccc2C1. The van der Waals surface area contributed by atoms with E-state index in [2.05, 4.69) is 29.6 Å². The summed E-state index contributed by atoms with van der Waals surface area (Å²) in [6, 6.07) is 13.7. The van der Waals surface area contributed by atoms with Gasteiger partial charge in [0.25, 0.3) is 0 Å². The summed E-state index contributed by atoms with van der Waals surface area (Å²) in [5.74, 6) is 0.279. The van der Waals surface area contributed by atoms with Crippen molar-refractivity contribution in [3.05, 3.63) is 70.0 Å². The Morgan fingerprint density at radius 3 is 2.38 bits per heavy atom. The maximum Gasteiger partial charge on any atom is 0.127 e. The highest BCUT2D eigenvalue weighted by molar-refractivity contribution is 6.31. The Kier molecular flexibility index (Phi) is 4.27. The average molecular weight is 304 g/mol. The van der Waals surface area contributed by atoms with Crippen LogP contribution < -0.4 is 5.32 Å². The summed E-state index contributed by atoms with van der Waals surface area (Å²) in [6.07, 6.45) is 2.72. The Hall–Kier alpha value is -1.38. The average Bonchev–Trinajstić information content (AvgIpc) is 2.90. The molecule has 0 aliphatic heterocycles. The molecule has 1 unspecified atom stereocenters. The first-order chi connectivity index (χ1) is 10.2. The highest BCUT2D eigenvalue weighted by Gasteiger charge is 2.28. The molecule has 0 bridgehead atoms. The van der Waals surface area contributed by atoms with Crippen LogP contribution in [0.15, 0.2) is 42.5 Å². The zero-order valence-corrected chi connectivity index (χ0v) is 12.8. The van der Waals surface area contributed by atoms with Crippen LogP contribution in [0.2, 0.25) is 5.02 Å². The maximum atomic E-state index is 14.0.